The molecule has 0 aromatic carbocycles. The van der Waals surface area contributed by atoms with Gasteiger partial charge in [-0.3, -0.25) is 0 Å². The van der Waals surface area contributed by atoms with E-state index in [2.05, 4.69) is 13.8 Å². The van der Waals surface area contributed by atoms with Crippen LogP contribution in [0.2, 0.25) is 0 Å². The Hall–Kier alpha value is 0.350. The van der Waals surface area contributed by atoms with Gasteiger partial charge in [0.05, 0.1) is 0 Å². The number of hydrogen-bond donors (Lipinski definition) is 0. The number of rotatable bonds is 0. The molecule has 2 unspecified atom stereocenters. The van der Waals surface area contributed by atoms with Gasteiger partial charge in [-0.15, -0.1) is 0 Å². The van der Waals surface area contributed by atoms with E-state index >= 15 is 0 Å². The smallest absolute Gasteiger partial charge is 0.0438 e. The molecule has 1 rings (SSSR count). The van der Waals surface area contributed by atoms with E-state index in [-0.39, 0.29) is 0 Å². The van der Waals surface area contributed by atoms with Crippen molar-refractivity contribution in [3.63, 3.8) is 0 Å². The van der Waals surface area contributed by atoms with Crippen LogP contribution in [0.15, 0.2) is 0 Å². The molecule has 8 heavy (non-hydrogen) atoms. The van der Waals surface area contributed by atoms with E-state index in [1.54, 1.807) is 11.8 Å². The zero-order valence-electron chi connectivity index (χ0n) is 5.72. The number of thiol groups is 1. The highest BCUT2D eigenvalue weighted by Gasteiger charge is 2.21. The maximum atomic E-state index is 2.36. The molecule has 1 aliphatic rings. The summed E-state index contributed by atoms with van der Waals surface area (Å²) in [6.45, 7) is 4.72. The van der Waals surface area contributed by atoms with E-state index in [9.17, 15) is 0 Å². The zero-order valence-corrected chi connectivity index (χ0v) is 6.62. The van der Waals surface area contributed by atoms with Crippen LogP contribution < -0.4 is 0 Å². The Morgan fingerprint density at radius 1 is 1.12 bits per heavy atom. The molecular weight excluding hydrogens is 116 g/mol. The van der Waals surface area contributed by atoms with Gasteiger partial charge in [-0.2, -0.15) is 0 Å². The summed E-state index contributed by atoms with van der Waals surface area (Å²) in [5.41, 5.74) is 0. The van der Waals surface area contributed by atoms with Gasteiger partial charge < -0.3 is 0 Å². The summed E-state index contributed by atoms with van der Waals surface area (Å²) in [7, 11) is 0. The van der Waals surface area contributed by atoms with Crippen molar-refractivity contribution >= 4 is 11.8 Å². The van der Waals surface area contributed by atoms with E-state index in [0.717, 1.165) is 10.5 Å². The lowest BCUT2D eigenvalue weighted by Gasteiger charge is -2.14. The van der Waals surface area contributed by atoms with Crippen molar-refractivity contribution in [3.8, 4) is 0 Å². The van der Waals surface area contributed by atoms with Gasteiger partial charge in [-0.25, -0.2) is 0 Å². The van der Waals surface area contributed by atoms with Crippen LogP contribution in [-0.2, 0) is 11.8 Å². The lowest BCUT2D eigenvalue weighted by atomic mass is 10.1. The first-order chi connectivity index (χ1) is 3.79. The van der Waals surface area contributed by atoms with Gasteiger partial charge in [-0.1, -0.05) is 0 Å². The van der Waals surface area contributed by atoms with Crippen LogP contribution >= 0.6 is 0 Å². The standard InChI is InChI=1S/C7H14S/c1-6-4-3-5-7(2)8-6/h6-7H,3-5H2,1-2H3/p+1. The highest BCUT2D eigenvalue weighted by Crippen LogP contribution is 2.18. The first kappa shape index (κ1) is 6.47. The van der Waals surface area contributed by atoms with Crippen molar-refractivity contribution in [1.82, 2.24) is 0 Å². The molecule has 1 fully saturated rings. The molecule has 0 radical (unpaired) electrons. The third-order valence-electron chi connectivity index (χ3n) is 1.75. The second kappa shape index (κ2) is 2.77. The fourth-order valence-electron chi connectivity index (χ4n) is 1.29. The molecular formula is C7H15S+. The minimum absolute atomic E-state index is 0.985. The molecule has 0 amide bonds. The fourth-order valence-corrected chi connectivity index (χ4v) is 2.82. The summed E-state index contributed by atoms with van der Waals surface area (Å²) in [6, 6.07) is 0. The van der Waals surface area contributed by atoms with Gasteiger partial charge in [0.1, 0.15) is 10.5 Å². The average molecular weight is 131 g/mol. The minimum Gasteiger partial charge on any atom is -0.0438 e. The first-order valence-corrected chi connectivity index (χ1v) is 4.52. The molecule has 0 N–H and O–H groups in total. The third kappa shape index (κ3) is 1.70. The third-order valence-corrected chi connectivity index (χ3v) is 3.29. The predicted molar refractivity (Wildman–Crippen MR) is 41.5 cm³/mol. The van der Waals surface area contributed by atoms with Crippen LogP contribution in [0.3, 0.4) is 0 Å². The molecule has 2 atom stereocenters. The van der Waals surface area contributed by atoms with Crippen LogP contribution in [0.4, 0.5) is 0 Å². The number of hydrogen-bond acceptors (Lipinski definition) is 0. The van der Waals surface area contributed by atoms with E-state index in [1.165, 1.54) is 19.3 Å². The Balaban J connectivity index is 2.23. The Morgan fingerprint density at radius 2 is 1.62 bits per heavy atom. The highest BCUT2D eigenvalue weighted by molar-refractivity contribution is 7.79. The Morgan fingerprint density at radius 3 is 1.88 bits per heavy atom. The second-order valence-electron chi connectivity index (χ2n) is 2.78. The molecule has 0 aromatic heterocycles. The summed E-state index contributed by atoms with van der Waals surface area (Å²) in [4.78, 5) is 0. The van der Waals surface area contributed by atoms with Crippen molar-refractivity contribution in [2.75, 3.05) is 0 Å². The van der Waals surface area contributed by atoms with Gasteiger partial charge in [-0.05, 0) is 44.9 Å². The maximum absolute atomic E-state index is 2.36. The van der Waals surface area contributed by atoms with Crippen molar-refractivity contribution < 1.29 is 0 Å². The van der Waals surface area contributed by atoms with Crippen LogP contribution in [0.1, 0.15) is 33.1 Å². The van der Waals surface area contributed by atoms with E-state index in [0.29, 0.717) is 0 Å². The largest absolute Gasteiger partial charge is 0.113 e. The molecule has 1 saturated heterocycles. The van der Waals surface area contributed by atoms with Crippen molar-refractivity contribution in [3.05, 3.63) is 0 Å². The van der Waals surface area contributed by atoms with Crippen molar-refractivity contribution in [2.45, 2.75) is 43.6 Å². The summed E-state index contributed by atoms with van der Waals surface area (Å²) >= 11 is 1.70. The normalized spacial score (nSPS) is 39.8. The Kier molecular flexibility index (Phi) is 2.24. The lowest BCUT2D eigenvalue weighted by molar-refractivity contribution is 0.638. The second-order valence-corrected chi connectivity index (χ2v) is 4.84. The van der Waals surface area contributed by atoms with Gasteiger partial charge >= 0.3 is 0 Å². The molecule has 1 heterocycles. The summed E-state index contributed by atoms with van der Waals surface area (Å²) in [5.74, 6) is 0. The molecule has 0 aliphatic carbocycles. The van der Waals surface area contributed by atoms with Gasteiger partial charge in [0.15, 0.2) is 0 Å². The van der Waals surface area contributed by atoms with Crippen LogP contribution in [0.5, 0.6) is 0 Å². The van der Waals surface area contributed by atoms with E-state index < -0.39 is 0 Å². The predicted octanol–water partition coefficient (Wildman–Crippen LogP) is 1.76. The molecule has 0 spiro atoms. The Bertz CT molecular complexity index is 62.8. The highest BCUT2D eigenvalue weighted by atomic mass is 32.2. The molecule has 0 nitrogen and oxygen atoms in total. The fraction of sp³-hybridized carbons (Fsp3) is 1.00. The van der Waals surface area contributed by atoms with E-state index in [4.69, 9.17) is 0 Å². The summed E-state index contributed by atoms with van der Waals surface area (Å²) in [5, 5.41) is 1.97. The first-order valence-electron chi connectivity index (χ1n) is 3.49. The maximum Gasteiger partial charge on any atom is 0.113 e. The molecule has 1 aliphatic heterocycles. The van der Waals surface area contributed by atoms with Crippen LogP contribution in [0.25, 0.3) is 0 Å². The molecule has 1 heteroatoms. The molecule has 0 aromatic rings. The SMILES string of the molecule is CC1CCCC(C)[SH+]1. The topological polar surface area (TPSA) is 0 Å². The van der Waals surface area contributed by atoms with Gasteiger partial charge in [0, 0.05) is 0 Å². The minimum atomic E-state index is 0.985. The van der Waals surface area contributed by atoms with Crippen LogP contribution in [0, 0.1) is 0 Å². The van der Waals surface area contributed by atoms with Crippen molar-refractivity contribution in [2.24, 2.45) is 0 Å². The average Bonchev–Trinajstić information content (AvgIpc) is 1.64. The van der Waals surface area contributed by atoms with Crippen molar-refractivity contribution in [1.29, 1.82) is 0 Å². The quantitative estimate of drug-likeness (QED) is 0.347. The summed E-state index contributed by atoms with van der Waals surface area (Å²) < 4.78 is 0. The molecule has 48 valence electrons. The molecule has 0 saturated carbocycles. The van der Waals surface area contributed by atoms with Gasteiger partial charge in [0.2, 0.25) is 0 Å². The lowest BCUT2D eigenvalue weighted by Crippen LogP contribution is -2.20. The zero-order chi connectivity index (χ0) is 5.98. The van der Waals surface area contributed by atoms with Crippen LogP contribution in [-0.4, -0.2) is 10.5 Å². The van der Waals surface area contributed by atoms with E-state index in [1.807, 2.05) is 0 Å². The Labute approximate surface area is 56.0 Å². The summed E-state index contributed by atoms with van der Waals surface area (Å²) in [6.07, 6.45) is 4.40. The van der Waals surface area contributed by atoms with Gasteiger partial charge in [0.25, 0.3) is 0 Å². The molecule has 0 bridgehead atoms. The monoisotopic (exact) mass is 131 g/mol.